The topological polar surface area (TPSA) is 66.1 Å². The van der Waals surface area contributed by atoms with Crippen LogP contribution in [0.1, 0.15) is 0 Å². The fraction of sp³-hybridized carbons (Fsp3) is 0.0357. The molecule has 8 heteroatoms. The molecule has 0 saturated heterocycles. The second-order valence-electron chi connectivity index (χ2n) is 7.91. The van der Waals surface area contributed by atoms with Gasteiger partial charge in [-0.1, -0.05) is 60.7 Å². The molecule has 0 spiro atoms. The van der Waals surface area contributed by atoms with Crippen molar-refractivity contribution in [3.63, 3.8) is 0 Å². The van der Waals surface area contributed by atoms with Gasteiger partial charge in [-0.05, 0) is 59.4 Å². The minimum absolute atomic E-state index is 0.0981. The molecule has 36 heavy (non-hydrogen) atoms. The lowest BCUT2D eigenvalue weighted by Gasteiger charge is -2.11. The summed E-state index contributed by atoms with van der Waals surface area (Å²) >= 11 is 8.29. The van der Waals surface area contributed by atoms with Crippen LogP contribution < -0.4 is 16.0 Å². The summed E-state index contributed by atoms with van der Waals surface area (Å²) in [4.78, 5) is 18.1. The smallest absolute Gasteiger partial charge is 0.236 e. The van der Waals surface area contributed by atoms with Crippen LogP contribution in [0.3, 0.4) is 0 Å². The van der Waals surface area contributed by atoms with Crippen LogP contribution in [0.15, 0.2) is 107 Å². The van der Waals surface area contributed by atoms with E-state index in [1.54, 1.807) is 0 Å². The van der Waals surface area contributed by atoms with E-state index in [1.807, 2.05) is 72.1 Å². The predicted molar refractivity (Wildman–Crippen MR) is 157 cm³/mol. The second kappa shape index (κ2) is 11.3. The lowest BCUT2D eigenvalue weighted by Crippen LogP contribution is -2.19. The first-order chi connectivity index (χ1) is 17.6. The van der Waals surface area contributed by atoms with E-state index < -0.39 is 0 Å². The van der Waals surface area contributed by atoms with Gasteiger partial charge in [0.1, 0.15) is 0 Å². The van der Waals surface area contributed by atoms with Gasteiger partial charge in [0.2, 0.25) is 5.91 Å². The number of amides is 1. The number of fused-ring (bicyclic) bond motifs is 1. The van der Waals surface area contributed by atoms with Crippen molar-refractivity contribution in [1.82, 2.24) is 4.98 Å². The zero-order chi connectivity index (χ0) is 24.7. The van der Waals surface area contributed by atoms with Gasteiger partial charge in [-0.2, -0.15) is 0 Å². The number of carbonyl (C=O) groups excluding carboxylic acids is 1. The normalized spacial score (nSPS) is 10.7. The number of thiazole rings is 1. The van der Waals surface area contributed by atoms with Crippen LogP contribution in [0.5, 0.6) is 0 Å². The molecule has 5 aromatic rings. The molecule has 3 N–H and O–H groups in total. The molecule has 1 aromatic heterocycles. The molecule has 0 saturated carbocycles. The van der Waals surface area contributed by atoms with Gasteiger partial charge < -0.3 is 16.0 Å². The number of hydrogen-bond acceptors (Lipinski definition) is 5. The van der Waals surface area contributed by atoms with Crippen LogP contribution in [0.4, 0.5) is 16.5 Å². The minimum atomic E-state index is -0.0981. The Morgan fingerprint density at radius 2 is 1.56 bits per heavy atom. The van der Waals surface area contributed by atoms with Crippen molar-refractivity contribution in [3.05, 3.63) is 102 Å². The number of nitrogens with one attached hydrogen (secondary N) is 3. The third-order valence-corrected chi connectivity index (χ3v) is 7.24. The average Bonchev–Trinajstić information content (AvgIpc) is 3.36. The zero-order valence-electron chi connectivity index (χ0n) is 19.1. The lowest BCUT2D eigenvalue weighted by molar-refractivity contribution is -0.113. The number of thioether (sulfide) groups is 1. The summed E-state index contributed by atoms with van der Waals surface area (Å²) in [6.07, 6.45) is 0. The Hall–Kier alpha value is -3.72. The monoisotopic (exact) mass is 526 g/mol. The summed E-state index contributed by atoms with van der Waals surface area (Å²) < 4.78 is 0. The highest BCUT2D eigenvalue weighted by Gasteiger charge is 2.10. The molecule has 0 aliphatic heterocycles. The van der Waals surface area contributed by atoms with E-state index in [0.717, 1.165) is 27.5 Å². The number of hydrogen-bond donors (Lipinski definition) is 3. The zero-order valence-corrected chi connectivity index (χ0v) is 21.6. The van der Waals surface area contributed by atoms with Crippen LogP contribution in [-0.2, 0) is 4.79 Å². The van der Waals surface area contributed by atoms with Crippen molar-refractivity contribution in [2.24, 2.45) is 0 Å². The van der Waals surface area contributed by atoms with Gasteiger partial charge in [-0.3, -0.25) is 4.79 Å². The van der Waals surface area contributed by atoms with Crippen molar-refractivity contribution in [2.45, 2.75) is 4.90 Å². The fourth-order valence-corrected chi connectivity index (χ4v) is 5.32. The maximum Gasteiger partial charge on any atom is 0.236 e. The summed E-state index contributed by atoms with van der Waals surface area (Å²) in [5.74, 6) is 0.181. The van der Waals surface area contributed by atoms with Gasteiger partial charge in [-0.15, -0.1) is 23.1 Å². The molecule has 1 amide bonds. The number of benzene rings is 4. The second-order valence-corrected chi connectivity index (χ2v) is 10.2. The molecule has 0 bridgehead atoms. The summed E-state index contributed by atoms with van der Waals surface area (Å²) in [5, 5.41) is 14.7. The Balaban J connectivity index is 1.14. The molecule has 0 aliphatic rings. The van der Waals surface area contributed by atoms with E-state index in [1.165, 1.54) is 33.9 Å². The minimum Gasteiger partial charge on any atom is -0.332 e. The first-order valence-electron chi connectivity index (χ1n) is 11.2. The fourth-order valence-electron chi connectivity index (χ4n) is 3.60. The Morgan fingerprint density at radius 1 is 0.806 bits per heavy atom. The van der Waals surface area contributed by atoms with Gasteiger partial charge in [0.15, 0.2) is 10.2 Å². The highest BCUT2D eigenvalue weighted by Crippen LogP contribution is 2.28. The Bertz CT molecular complexity index is 1520. The molecule has 0 radical (unpaired) electrons. The molecule has 0 fully saturated rings. The number of rotatable bonds is 7. The number of nitrogens with zero attached hydrogens (tertiary/aromatic N) is 1. The van der Waals surface area contributed by atoms with E-state index in [-0.39, 0.29) is 11.7 Å². The van der Waals surface area contributed by atoms with Crippen LogP contribution in [0, 0.1) is 0 Å². The number of aromatic nitrogens is 1. The standard InChI is InChI=1S/C28H22N4OS3/c33-26(32-28-31-25(17-36-28)21-14-13-19-7-4-5-8-20(19)15-21)18-35-24-12-6-11-23(16-24)30-27(34)29-22-9-2-1-3-10-22/h1-17H,18H2,(H2,29,30,34)(H,31,32,33). The number of anilines is 3. The summed E-state index contributed by atoms with van der Waals surface area (Å²) in [7, 11) is 0. The molecular weight excluding hydrogens is 505 g/mol. The van der Waals surface area contributed by atoms with Gasteiger partial charge >= 0.3 is 0 Å². The maximum absolute atomic E-state index is 12.6. The molecule has 0 aliphatic carbocycles. The van der Waals surface area contributed by atoms with E-state index in [2.05, 4.69) is 51.3 Å². The van der Waals surface area contributed by atoms with Crippen LogP contribution in [0.25, 0.3) is 22.0 Å². The van der Waals surface area contributed by atoms with E-state index in [4.69, 9.17) is 12.2 Å². The number of carbonyl (C=O) groups is 1. The summed E-state index contributed by atoms with van der Waals surface area (Å²) in [5.41, 5.74) is 3.66. The summed E-state index contributed by atoms with van der Waals surface area (Å²) in [6.45, 7) is 0. The first kappa shape index (κ1) is 24.0. The van der Waals surface area contributed by atoms with Gasteiger partial charge in [0, 0.05) is 27.2 Å². The van der Waals surface area contributed by atoms with Crippen molar-refractivity contribution >= 4 is 73.6 Å². The number of thiocarbonyl (C=S) groups is 1. The Labute approximate surface area is 223 Å². The average molecular weight is 527 g/mol. The molecule has 178 valence electrons. The van der Waals surface area contributed by atoms with Gasteiger partial charge in [-0.25, -0.2) is 4.98 Å². The highest BCUT2D eigenvalue weighted by molar-refractivity contribution is 8.00. The van der Waals surface area contributed by atoms with E-state index in [9.17, 15) is 4.79 Å². The predicted octanol–water partition coefficient (Wildman–Crippen LogP) is 7.50. The van der Waals surface area contributed by atoms with Crippen molar-refractivity contribution in [3.8, 4) is 11.3 Å². The van der Waals surface area contributed by atoms with E-state index in [0.29, 0.717) is 10.2 Å². The van der Waals surface area contributed by atoms with Crippen molar-refractivity contribution in [2.75, 3.05) is 21.7 Å². The molecule has 4 aromatic carbocycles. The van der Waals surface area contributed by atoms with Crippen LogP contribution in [-0.4, -0.2) is 21.8 Å². The quantitative estimate of drug-likeness (QED) is 0.151. The third kappa shape index (κ3) is 6.28. The van der Waals surface area contributed by atoms with Crippen LogP contribution >= 0.6 is 35.3 Å². The molecule has 5 nitrogen and oxygen atoms in total. The lowest BCUT2D eigenvalue weighted by atomic mass is 10.1. The van der Waals surface area contributed by atoms with Crippen LogP contribution in [0.2, 0.25) is 0 Å². The maximum atomic E-state index is 12.6. The largest absolute Gasteiger partial charge is 0.332 e. The first-order valence-corrected chi connectivity index (χ1v) is 13.5. The molecule has 5 rings (SSSR count). The molecular formula is C28H22N4OS3. The number of para-hydroxylation sites is 1. The molecule has 0 unspecified atom stereocenters. The Kier molecular flexibility index (Phi) is 7.56. The van der Waals surface area contributed by atoms with Crippen molar-refractivity contribution < 1.29 is 4.79 Å². The van der Waals surface area contributed by atoms with E-state index >= 15 is 0 Å². The molecule has 0 atom stereocenters. The third-order valence-electron chi connectivity index (χ3n) is 5.29. The highest BCUT2D eigenvalue weighted by atomic mass is 32.2. The van der Waals surface area contributed by atoms with Gasteiger partial charge in [0.25, 0.3) is 0 Å². The SMILES string of the molecule is O=C(CSc1cccc(NC(=S)Nc2ccccc2)c1)Nc1nc(-c2ccc3ccccc3c2)cs1. The van der Waals surface area contributed by atoms with Crippen molar-refractivity contribution in [1.29, 1.82) is 0 Å². The molecule has 1 heterocycles. The Morgan fingerprint density at radius 3 is 2.42 bits per heavy atom. The van der Waals surface area contributed by atoms with Gasteiger partial charge in [0.05, 0.1) is 11.4 Å². The summed E-state index contributed by atoms with van der Waals surface area (Å²) in [6, 6.07) is 32.1.